The third kappa shape index (κ3) is 1.50. The number of benzene rings is 1. The minimum atomic E-state index is 0.810. The molecule has 0 radical (unpaired) electrons. The number of hydrogen-bond acceptors (Lipinski definition) is 0. The van der Waals surface area contributed by atoms with Crippen LogP contribution >= 0.6 is 0 Å². The van der Waals surface area contributed by atoms with Crippen LogP contribution < -0.4 is 0 Å². The first-order valence-corrected chi connectivity index (χ1v) is 5.40. The van der Waals surface area contributed by atoms with E-state index in [-0.39, 0.29) is 0 Å². The predicted molar refractivity (Wildman–Crippen MR) is 57.0 cm³/mol. The Hall–Kier alpha value is -0.780. The second-order valence-corrected chi connectivity index (χ2v) is 4.23. The van der Waals surface area contributed by atoms with Gasteiger partial charge in [-0.3, -0.25) is 0 Å². The van der Waals surface area contributed by atoms with Gasteiger partial charge in [-0.25, -0.2) is 0 Å². The summed E-state index contributed by atoms with van der Waals surface area (Å²) in [5, 5.41) is 0. The summed E-state index contributed by atoms with van der Waals surface area (Å²) >= 11 is 0. The van der Waals surface area contributed by atoms with E-state index in [1.165, 1.54) is 19.3 Å². The Bertz CT molecular complexity index is 288. The molecule has 1 aromatic carbocycles. The van der Waals surface area contributed by atoms with Gasteiger partial charge in [-0.15, -0.1) is 0 Å². The summed E-state index contributed by atoms with van der Waals surface area (Å²) < 4.78 is 0. The van der Waals surface area contributed by atoms with Crippen LogP contribution in [0.15, 0.2) is 24.3 Å². The molecule has 0 bridgehead atoms. The number of rotatable bonds is 1. The molecular weight excluding hydrogens is 156 g/mol. The third-order valence-corrected chi connectivity index (χ3v) is 3.45. The van der Waals surface area contributed by atoms with Crippen molar-refractivity contribution in [2.45, 2.75) is 39.0 Å². The first-order chi connectivity index (χ1) is 6.33. The highest BCUT2D eigenvalue weighted by molar-refractivity contribution is 5.33. The average molecular weight is 174 g/mol. The van der Waals surface area contributed by atoms with Crippen molar-refractivity contribution in [2.75, 3.05) is 0 Å². The Kier molecular flexibility index (Phi) is 2.39. The molecule has 0 saturated carbocycles. The maximum atomic E-state index is 2.39. The van der Waals surface area contributed by atoms with Crippen LogP contribution in [0.25, 0.3) is 0 Å². The second-order valence-electron chi connectivity index (χ2n) is 4.23. The number of fused-ring (bicyclic) bond motifs is 1. The van der Waals surface area contributed by atoms with E-state index >= 15 is 0 Å². The number of hydrogen-bond donors (Lipinski definition) is 0. The van der Waals surface area contributed by atoms with Crippen molar-refractivity contribution in [3.63, 3.8) is 0 Å². The van der Waals surface area contributed by atoms with E-state index in [9.17, 15) is 0 Å². The SMILES string of the molecule is CC[C@H]1c2ccccc2CC[C@@H]1C. The Labute approximate surface area is 81.0 Å². The highest BCUT2D eigenvalue weighted by Crippen LogP contribution is 2.37. The topological polar surface area (TPSA) is 0 Å². The van der Waals surface area contributed by atoms with Crippen LogP contribution in [0, 0.1) is 5.92 Å². The van der Waals surface area contributed by atoms with Gasteiger partial charge in [0.1, 0.15) is 0 Å². The van der Waals surface area contributed by atoms with E-state index < -0.39 is 0 Å². The van der Waals surface area contributed by atoms with Crippen molar-refractivity contribution < 1.29 is 0 Å². The Morgan fingerprint density at radius 2 is 2.08 bits per heavy atom. The van der Waals surface area contributed by atoms with Crippen molar-refractivity contribution in [2.24, 2.45) is 5.92 Å². The lowest BCUT2D eigenvalue weighted by atomic mass is 9.75. The van der Waals surface area contributed by atoms with E-state index in [4.69, 9.17) is 0 Å². The van der Waals surface area contributed by atoms with Gasteiger partial charge in [0.05, 0.1) is 0 Å². The molecule has 13 heavy (non-hydrogen) atoms. The molecule has 0 aliphatic heterocycles. The van der Waals surface area contributed by atoms with Gasteiger partial charge in [-0.2, -0.15) is 0 Å². The highest BCUT2D eigenvalue weighted by Gasteiger charge is 2.24. The second kappa shape index (κ2) is 3.53. The fourth-order valence-electron chi connectivity index (χ4n) is 2.64. The van der Waals surface area contributed by atoms with Crippen molar-refractivity contribution in [1.29, 1.82) is 0 Å². The first kappa shape index (κ1) is 8.80. The molecule has 0 amide bonds. The van der Waals surface area contributed by atoms with E-state index in [0.29, 0.717) is 0 Å². The number of aryl methyl sites for hydroxylation is 1. The van der Waals surface area contributed by atoms with Gasteiger partial charge >= 0.3 is 0 Å². The van der Waals surface area contributed by atoms with Gasteiger partial charge in [-0.1, -0.05) is 38.1 Å². The fourth-order valence-corrected chi connectivity index (χ4v) is 2.64. The zero-order valence-electron chi connectivity index (χ0n) is 8.59. The smallest absolute Gasteiger partial charge is 0.0136 e. The summed E-state index contributed by atoms with van der Waals surface area (Å²) in [6.45, 7) is 4.70. The summed E-state index contributed by atoms with van der Waals surface area (Å²) in [6.07, 6.45) is 3.95. The molecule has 0 aromatic heterocycles. The molecular formula is C13H18. The van der Waals surface area contributed by atoms with E-state index in [1.54, 1.807) is 11.1 Å². The summed E-state index contributed by atoms with van der Waals surface area (Å²) in [5.41, 5.74) is 3.20. The summed E-state index contributed by atoms with van der Waals surface area (Å²) in [4.78, 5) is 0. The average Bonchev–Trinajstić information content (AvgIpc) is 2.18. The van der Waals surface area contributed by atoms with Crippen LogP contribution in [0.3, 0.4) is 0 Å². The van der Waals surface area contributed by atoms with Crippen LogP contribution in [0.2, 0.25) is 0 Å². The highest BCUT2D eigenvalue weighted by atomic mass is 14.3. The lowest BCUT2D eigenvalue weighted by Gasteiger charge is -2.30. The normalized spacial score (nSPS) is 26.9. The molecule has 1 aliphatic rings. The van der Waals surface area contributed by atoms with Gasteiger partial charge in [0.25, 0.3) is 0 Å². The quantitative estimate of drug-likeness (QED) is 0.608. The Morgan fingerprint density at radius 3 is 2.85 bits per heavy atom. The van der Waals surface area contributed by atoms with Crippen molar-refractivity contribution in [3.8, 4) is 0 Å². The fraction of sp³-hybridized carbons (Fsp3) is 0.538. The van der Waals surface area contributed by atoms with E-state index in [0.717, 1.165) is 11.8 Å². The summed E-state index contributed by atoms with van der Waals surface area (Å²) in [5.74, 6) is 1.69. The van der Waals surface area contributed by atoms with Crippen molar-refractivity contribution in [1.82, 2.24) is 0 Å². The molecule has 0 N–H and O–H groups in total. The Morgan fingerprint density at radius 1 is 1.31 bits per heavy atom. The first-order valence-electron chi connectivity index (χ1n) is 5.40. The predicted octanol–water partition coefficient (Wildman–Crippen LogP) is 3.76. The van der Waals surface area contributed by atoms with Crippen LogP contribution in [-0.4, -0.2) is 0 Å². The molecule has 0 fully saturated rings. The van der Waals surface area contributed by atoms with Crippen LogP contribution in [0.5, 0.6) is 0 Å². The molecule has 0 nitrogen and oxygen atoms in total. The molecule has 1 aliphatic carbocycles. The van der Waals surface area contributed by atoms with Gasteiger partial charge < -0.3 is 0 Å². The summed E-state index contributed by atoms with van der Waals surface area (Å²) in [6, 6.07) is 8.96. The van der Waals surface area contributed by atoms with Gasteiger partial charge in [-0.05, 0) is 42.2 Å². The molecule has 0 saturated heterocycles. The van der Waals surface area contributed by atoms with Gasteiger partial charge in [0.15, 0.2) is 0 Å². The maximum absolute atomic E-state index is 2.39. The van der Waals surface area contributed by atoms with Crippen molar-refractivity contribution >= 4 is 0 Å². The molecule has 0 unspecified atom stereocenters. The van der Waals surface area contributed by atoms with Crippen LogP contribution in [0.1, 0.15) is 43.7 Å². The third-order valence-electron chi connectivity index (χ3n) is 3.45. The zero-order valence-corrected chi connectivity index (χ0v) is 8.59. The molecule has 70 valence electrons. The van der Waals surface area contributed by atoms with E-state index in [1.807, 2.05) is 0 Å². The van der Waals surface area contributed by atoms with Gasteiger partial charge in [0.2, 0.25) is 0 Å². The molecule has 0 heterocycles. The minimum absolute atomic E-state index is 0.810. The summed E-state index contributed by atoms with van der Waals surface area (Å²) in [7, 11) is 0. The van der Waals surface area contributed by atoms with E-state index in [2.05, 4.69) is 38.1 Å². The molecule has 1 aromatic rings. The molecule has 0 spiro atoms. The monoisotopic (exact) mass is 174 g/mol. The molecule has 2 rings (SSSR count). The maximum Gasteiger partial charge on any atom is -0.0136 e. The largest absolute Gasteiger partial charge is 0.0648 e. The lowest BCUT2D eigenvalue weighted by molar-refractivity contribution is 0.394. The van der Waals surface area contributed by atoms with Crippen LogP contribution in [-0.2, 0) is 6.42 Å². The lowest BCUT2D eigenvalue weighted by Crippen LogP contribution is -2.17. The zero-order chi connectivity index (χ0) is 9.26. The molecule has 0 heteroatoms. The van der Waals surface area contributed by atoms with Crippen LogP contribution in [0.4, 0.5) is 0 Å². The van der Waals surface area contributed by atoms with Gasteiger partial charge in [0, 0.05) is 0 Å². The Balaban J connectivity index is 2.39. The minimum Gasteiger partial charge on any atom is -0.0648 e. The molecule has 2 atom stereocenters. The standard InChI is InChI=1S/C13H18/c1-3-12-10(2)8-9-11-6-4-5-7-13(11)12/h4-7,10,12H,3,8-9H2,1-2H3/t10-,12+/m0/s1. The van der Waals surface area contributed by atoms with Crippen molar-refractivity contribution in [3.05, 3.63) is 35.4 Å².